The van der Waals surface area contributed by atoms with E-state index >= 15 is 0 Å². The highest BCUT2D eigenvalue weighted by molar-refractivity contribution is 5.65. The van der Waals surface area contributed by atoms with Crippen LogP contribution in [0.3, 0.4) is 0 Å². The molecule has 158 valence electrons. The lowest BCUT2D eigenvalue weighted by molar-refractivity contribution is 0.401. The highest BCUT2D eigenvalue weighted by atomic mass is 16.5. The molecule has 2 heterocycles. The van der Waals surface area contributed by atoms with Gasteiger partial charge in [-0.25, -0.2) is 0 Å². The first kappa shape index (κ1) is 20.3. The van der Waals surface area contributed by atoms with Gasteiger partial charge in [0.05, 0.1) is 13.3 Å². The van der Waals surface area contributed by atoms with Crippen LogP contribution in [0.4, 0.5) is 5.69 Å². The quantitative estimate of drug-likeness (QED) is 0.658. The van der Waals surface area contributed by atoms with Gasteiger partial charge in [0, 0.05) is 43.2 Å². The van der Waals surface area contributed by atoms with E-state index in [1.165, 1.54) is 5.56 Å². The third-order valence-electron chi connectivity index (χ3n) is 6.12. The van der Waals surface area contributed by atoms with Crippen molar-refractivity contribution in [2.45, 2.75) is 51.1 Å². The Bertz CT molecular complexity index is 1060. The molecule has 1 fully saturated rings. The summed E-state index contributed by atoms with van der Waals surface area (Å²) in [5.41, 5.74) is 4.10. The smallest absolute Gasteiger partial charge is 0.273 e. The van der Waals surface area contributed by atoms with Crippen molar-refractivity contribution >= 4 is 5.69 Å². The normalized spacial score (nSPS) is 18.9. The molecule has 0 unspecified atom stereocenters. The van der Waals surface area contributed by atoms with Crippen LogP contribution in [0.1, 0.15) is 44.1 Å². The zero-order chi connectivity index (χ0) is 21.1. The van der Waals surface area contributed by atoms with Crippen molar-refractivity contribution in [3.8, 4) is 16.9 Å². The average Bonchev–Trinajstić information content (AvgIpc) is 3.22. The molecular weight excluding hydrogens is 376 g/mol. The van der Waals surface area contributed by atoms with Crippen molar-refractivity contribution in [2.75, 3.05) is 12.4 Å². The second kappa shape index (κ2) is 8.78. The summed E-state index contributed by atoms with van der Waals surface area (Å²) in [5.74, 6) is 1.47. The number of pyridine rings is 1. The fourth-order valence-electron chi connectivity index (χ4n) is 4.39. The molecule has 0 saturated heterocycles. The second-order valence-electron chi connectivity index (χ2n) is 8.11. The number of hydrogen-bond donors (Lipinski definition) is 1. The Balaban J connectivity index is 1.49. The van der Waals surface area contributed by atoms with Gasteiger partial charge in [-0.15, -0.1) is 0 Å². The molecule has 6 heteroatoms. The summed E-state index contributed by atoms with van der Waals surface area (Å²) in [7, 11) is 3.61. The van der Waals surface area contributed by atoms with E-state index in [1.807, 2.05) is 44.7 Å². The van der Waals surface area contributed by atoms with Gasteiger partial charge in [0.2, 0.25) is 0 Å². The Morgan fingerprint density at radius 3 is 2.60 bits per heavy atom. The lowest BCUT2D eigenvalue weighted by atomic mass is 9.81. The Morgan fingerprint density at radius 1 is 1.13 bits per heavy atom. The van der Waals surface area contributed by atoms with Gasteiger partial charge in [-0.05, 0) is 62.3 Å². The molecule has 6 nitrogen and oxygen atoms in total. The first-order chi connectivity index (χ1) is 14.6. The predicted octanol–water partition coefficient (Wildman–Crippen LogP) is 4.42. The van der Waals surface area contributed by atoms with E-state index in [1.54, 1.807) is 16.4 Å². The van der Waals surface area contributed by atoms with Gasteiger partial charge < -0.3 is 14.6 Å². The van der Waals surface area contributed by atoms with E-state index in [0.29, 0.717) is 24.2 Å². The maximum absolute atomic E-state index is 12.9. The fourth-order valence-corrected chi connectivity index (χ4v) is 4.39. The Labute approximate surface area is 177 Å². The first-order valence-corrected chi connectivity index (χ1v) is 10.7. The molecule has 0 bridgehead atoms. The summed E-state index contributed by atoms with van der Waals surface area (Å²) in [6, 6.07) is 10.7. The van der Waals surface area contributed by atoms with Crippen molar-refractivity contribution in [1.82, 2.24) is 14.3 Å². The predicted molar refractivity (Wildman–Crippen MR) is 120 cm³/mol. The summed E-state index contributed by atoms with van der Waals surface area (Å²) in [5, 5.41) is 7.82. The number of aromatic nitrogens is 3. The fraction of sp³-hybridized carbons (Fsp3) is 0.417. The van der Waals surface area contributed by atoms with E-state index in [2.05, 4.69) is 28.6 Å². The Morgan fingerprint density at radius 2 is 1.93 bits per heavy atom. The van der Waals surface area contributed by atoms with Crippen LogP contribution in [0.15, 0.2) is 53.7 Å². The number of benzene rings is 1. The van der Waals surface area contributed by atoms with Gasteiger partial charge in [-0.2, -0.15) is 5.10 Å². The zero-order valence-corrected chi connectivity index (χ0v) is 18.0. The third kappa shape index (κ3) is 4.27. The van der Waals surface area contributed by atoms with Crippen molar-refractivity contribution < 1.29 is 4.74 Å². The van der Waals surface area contributed by atoms with Crippen molar-refractivity contribution in [3.63, 3.8) is 0 Å². The number of ether oxygens (including phenoxy) is 1. The average molecular weight is 407 g/mol. The summed E-state index contributed by atoms with van der Waals surface area (Å²) in [4.78, 5) is 12.9. The van der Waals surface area contributed by atoms with E-state index in [-0.39, 0.29) is 5.56 Å². The van der Waals surface area contributed by atoms with Crippen molar-refractivity contribution in [3.05, 3.63) is 64.8 Å². The molecule has 3 aromatic rings. The molecular formula is C24H30N4O2. The van der Waals surface area contributed by atoms with Gasteiger partial charge in [0.25, 0.3) is 5.56 Å². The number of hydrogen-bond acceptors (Lipinski definition) is 4. The first-order valence-electron chi connectivity index (χ1n) is 10.7. The van der Waals surface area contributed by atoms with E-state index in [0.717, 1.165) is 42.6 Å². The molecule has 1 aliphatic rings. The number of anilines is 1. The van der Waals surface area contributed by atoms with Gasteiger partial charge >= 0.3 is 0 Å². The largest absolute Gasteiger partial charge is 0.497 e. The molecule has 30 heavy (non-hydrogen) atoms. The van der Waals surface area contributed by atoms with Gasteiger partial charge in [-0.1, -0.05) is 12.1 Å². The topological polar surface area (TPSA) is 61.1 Å². The Kier molecular flexibility index (Phi) is 5.93. The maximum atomic E-state index is 12.9. The van der Waals surface area contributed by atoms with Gasteiger partial charge in [0.15, 0.2) is 0 Å². The molecule has 1 N–H and O–H groups in total. The number of nitrogens with zero attached hydrogens (tertiary/aromatic N) is 3. The standard InChI is InChI=1S/C24H30N4O2/c1-4-28-16-19(20-14-25-27(2)15-20)13-23(24(28)29)26-21-10-8-17(9-11-21)18-6-5-7-22(12-18)30-3/h5-7,12-17,21,26H,4,8-11H2,1-3H3. The minimum atomic E-state index is 0.0417. The van der Waals surface area contributed by atoms with E-state index in [9.17, 15) is 4.79 Å². The summed E-state index contributed by atoms with van der Waals surface area (Å²) in [6.07, 6.45) is 10.0. The number of nitrogens with one attached hydrogen (secondary N) is 1. The van der Waals surface area contributed by atoms with Crippen LogP contribution >= 0.6 is 0 Å². The molecule has 1 saturated carbocycles. The van der Waals surface area contributed by atoms with Crippen LogP contribution < -0.4 is 15.6 Å². The van der Waals surface area contributed by atoms with Crippen LogP contribution in [0.5, 0.6) is 5.75 Å². The summed E-state index contributed by atoms with van der Waals surface area (Å²) < 4.78 is 8.93. The number of methoxy groups -OCH3 is 1. The van der Waals surface area contributed by atoms with Crippen molar-refractivity contribution in [2.24, 2.45) is 7.05 Å². The van der Waals surface area contributed by atoms with Crippen LogP contribution in [-0.4, -0.2) is 27.5 Å². The molecule has 4 rings (SSSR count). The lowest BCUT2D eigenvalue weighted by Crippen LogP contribution is -2.30. The van der Waals surface area contributed by atoms with Crippen molar-refractivity contribution in [1.29, 1.82) is 0 Å². The summed E-state index contributed by atoms with van der Waals surface area (Å²) in [6.45, 7) is 2.64. The monoisotopic (exact) mass is 406 g/mol. The molecule has 1 aliphatic carbocycles. The molecule has 1 aromatic carbocycles. The minimum Gasteiger partial charge on any atom is -0.497 e. The second-order valence-corrected chi connectivity index (χ2v) is 8.11. The van der Waals surface area contributed by atoms with E-state index in [4.69, 9.17) is 4.74 Å². The summed E-state index contributed by atoms with van der Waals surface area (Å²) >= 11 is 0. The van der Waals surface area contributed by atoms with Gasteiger partial charge in [-0.3, -0.25) is 9.48 Å². The number of aryl methyl sites for hydroxylation is 2. The molecule has 0 radical (unpaired) electrons. The number of rotatable bonds is 6. The lowest BCUT2D eigenvalue weighted by Gasteiger charge is -2.30. The third-order valence-corrected chi connectivity index (χ3v) is 6.12. The Hall–Kier alpha value is -3.02. The van der Waals surface area contributed by atoms with Crippen LogP contribution in [0, 0.1) is 0 Å². The van der Waals surface area contributed by atoms with Gasteiger partial charge in [0.1, 0.15) is 11.4 Å². The zero-order valence-electron chi connectivity index (χ0n) is 18.0. The van der Waals surface area contributed by atoms with Crippen LogP contribution in [-0.2, 0) is 13.6 Å². The van der Waals surface area contributed by atoms with Crippen LogP contribution in [0.25, 0.3) is 11.1 Å². The highest BCUT2D eigenvalue weighted by Gasteiger charge is 2.23. The molecule has 0 spiro atoms. The molecule has 0 amide bonds. The molecule has 0 aliphatic heterocycles. The molecule has 2 aromatic heterocycles. The van der Waals surface area contributed by atoms with Crippen LogP contribution in [0.2, 0.25) is 0 Å². The van der Waals surface area contributed by atoms with E-state index < -0.39 is 0 Å². The SMILES string of the molecule is CCn1cc(-c2cnn(C)c2)cc(NC2CCC(c3cccc(OC)c3)CC2)c1=O. The maximum Gasteiger partial charge on any atom is 0.273 e. The minimum absolute atomic E-state index is 0.0417. The molecule has 0 atom stereocenters. The highest BCUT2D eigenvalue weighted by Crippen LogP contribution is 2.35.